The summed E-state index contributed by atoms with van der Waals surface area (Å²) < 4.78 is 0. The van der Waals surface area contributed by atoms with Gasteiger partial charge < -0.3 is 9.80 Å². The number of rotatable bonds is 5. The summed E-state index contributed by atoms with van der Waals surface area (Å²) in [6.45, 7) is 2.65. The minimum absolute atomic E-state index is 0.0209. The van der Waals surface area contributed by atoms with Crippen molar-refractivity contribution in [1.82, 2.24) is 4.90 Å². The van der Waals surface area contributed by atoms with Crippen LogP contribution in [0.1, 0.15) is 46.4 Å². The summed E-state index contributed by atoms with van der Waals surface area (Å²) in [7, 11) is 0. The van der Waals surface area contributed by atoms with E-state index in [0.29, 0.717) is 26.2 Å². The van der Waals surface area contributed by atoms with Crippen LogP contribution in [-0.2, 0) is 0 Å². The van der Waals surface area contributed by atoms with Gasteiger partial charge in [-0.25, -0.2) is 0 Å². The van der Waals surface area contributed by atoms with E-state index < -0.39 is 4.92 Å². The Hall–Kier alpha value is -3.22. The van der Waals surface area contributed by atoms with Crippen LogP contribution in [0.5, 0.6) is 0 Å². The molecular weight excluding hydrogens is 382 g/mol. The van der Waals surface area contributed by atoms with Crippen LogP contribution >= 0.6 is 0 Å². The smallest absolute Gasteiger partial charge is 0.282 e. The summed E-state index contributed by atoms with van der Waals surface area (Å²) >= 11 is 0. The van der Waals surface area contributed by atoms with Crippen molar-refractivity contribution >= 4 is 23.1 Å². The van der Waals surface area contributed by atoms with Crippen LogP contribution in [0.2, 0.25) is 0 Å². The lowest BCUT2D eigenvalue weighted by molar-refractivity contribution is -0.385. The first kappa shape index (κ1) is 20.1. The molecule has 2 aliphatic rings. The molecule has 0 bridgehead atoms. The van der Waals surface area contributed by atoms with E-state index in [9.17, 15) is 19.7 Å². The molecule has 2 fully saturated rings. The quantitative estimate of drug-likeness (QED) is 0.426. The molecule has 2 heterocycles. The molecule has 30 heavy (non-hydrogen) atoms. The molecule has 7 nitrogen and oxygen atoms in total. The number of nitrogens with zero attached hydrogens (tertiary/aromatic N) is 3. The lowest BCUT2D eigenvalue weighted by Gasteiger charge is -2.33. The molecule has 0 spiro atoms. The number of hydrogen-bond donors (Lipinski definition) is 0. The highest BCUT2D eigenvalue weighted by Gasteiger charge is 2.30. The van der Waals surface area contributed by atoms with Crippen molar-refractivity contribution in [1.29, 1.82) is 0 Å². The normalized spacial score (nSPS) is 17.2. The van der Waals surface area contributed by atoms with Gasteiger partial charge in [0.2, 0.25) is 0 Å². The Kier molecular flexibility index (Phi) is 5.79. The summed E-state index contributed by atoms with van der Waals surface area (Å²) in [6.07, 6.45) is 3.31. The molecule has 0 unspecified atom stereocenters. The maximum absolute atomic E-state index is 12.9. The van der Waals surface area contributed by atoms with Crippen molar-refractivity contribution < 1.29 is 14.5 Å². The average Bonchev–Trinajstić information content (AvgIpc) is 3.33. The lowest BCUT2D eigenvalue weighted by Crippen LogP contribution is -2.36. The number of amides is 1. The molecule has 7 heteroatoms. The van der Waals surface area contributed by atoms with Gasteiger partial charge in [0.05, 0.1) is 4.92 Å². The first-order chi connectivity index (χ1) is 14.5. The molecule has 0 aliphatic carbocycles. The number of benzene rings is 2. The molecule has 0 radical (unpaired) electrons. The third-order valence-corrected chi connectivity index (χ3v) is 6.09. The molecule has 2 aromatic rings. The third kappa shape index (κ3) is 4.06. The minimum atomic E-state index is -0.488. The second-order valence-corrected chi connectivity index (χ2v) is 7.95. The molecule has 2 aromatic carbocycles. The van der Waals surface area contributed by atoms with Gasteiger partial charge in [0.15, 0.2) is 5.78 Å². The van der Waals surface area contributed by atoms with Crippen LogP contribution in [-0.4, -0.2) is 47.7 Å². The molecule has 0 saturated carbocycles. The Balaban J connectivity index is 1.49. The van der Waals surface area contributed by atoms with Gasteiger partial charge in [0.1, 0.15) is 5.56 Å². The molecular formula is C23H25N3O4. The van der Waals surface area contributed by atoms with Crippen molar-refractivity contribution in [2.45, 2.75) is 25.7 Å². The molecule has 2 saturated heterocycles. The Morgan fingerprint density at radius 3 is 2.23 bits per heavy atom. The van der Waals surface area contributed by atoms with Gasteiger partial charge in [-0.3, -0.25) is 19.7 Å². The predicted molar refractivity (Wildman–Crippen MR) is 114 cm³/mol. The molecule has 156 valence electrons. The number of ketones is 1. The van der Waals surface area contributed by atoms with Crippen LogP contribution in [0.4, 0.5) is 11.4 Å². The number of nitro groups is 1. The standard InChI is InChI=1S/C23H25N3O4/c27-22(17-6-2-1-3-7-17)18-10-14-24(15-11-18)19-8-9-21(26(29)30)20(16-19)23(28)25-12-4-5-13-25/h1-3,6-9,16,18H,4-5,10-15H2. The molecule has 0 atom stereocenters. The number of likely N-dealkylation sites (tertiary alicyclic amines) is 1. The van der Waals surface area contributed by atoms with Gasteiger partial charge in [0, 0.05) is 49.4 Å². The Labute approximate surface area is 175 Å². The number of piperidine rings is 1. The van der Waals surface area contributed by atoms with Gasteiger partial charge >= 0.3 is 0 Å². The fourth-order valence-corrected chi connectivity index (χ4v) is 4.38. The van der Waals surface area contributed by atoms with E-state index in [1.165, 1.54) is 6.07 Å². The second-order valence-electron chi connectivity index (χ2n) is 7.95. The summed E-state index contributed by atoms with van der Waals surface area (Å²) in [6, 6.07) is 14.1. The van der Waals surface area contributed by atoms with Gasteiger partial charge in [-0.15, -0.1) is 0 Å². The average molecular weight is 407 g/mol. The van der Waals surface area contributed by atoms with Crippen LogP contribution in [0.3, 0.4) is 0 Å². The monoisotopic (exact) mass is 407 g/mol. The number of Topliss-reactive ketones (excluding diaryl/α,β-unsaturated/α-hetero) is 1. The zero-order valence-electron chi connectivity index (χ0n) is 16.8. The Bertz CT molecular complexity index is 946. The third-order valence-electron chi connectivity index (χ3n) is 6.09. The fourth-order valence-electron chi connectivity index (χ4n) is 4.38. The molecule has 0 aromatic heterocycles. The van der Waals surface area contributed by atoms with Crippen LogP contribution in [0.15, 0.2) is 48.5 Å². The van der Waals surface area contributed by atoms with Crippen LogP contribution < -0.4 is 4.90 Å². The highest BCUT2D eigenvalue weighted by atomic mass is 16.6. The van der Waals surface area contributed by atoms with E-state index in [1.807, 2.05) is 30.3 Å². The molecule has 4 rings (SSSR count). The summed E-state index contributed by atoms with van der Waals surface area (Å²) in [5.74, 6) is -0.119. The van der Waals surface area contributed by atoms with E-state index >= 15 is 0 Å². The highest BCUT2D eigenvalue weighted by molar-refractivity contribution is 5.99. The molecule has 0 N–H and O–H groups in total. The van der Waals surface area contributed by atoms with Crippen LogP contribution in [0, 0.1) is 16.0 Å². The topological polar surface area (TPSA) is 83.8 Å². The molecule has 1 amide bonds. The minimum Gasteiger partial charge on any atom is -0.371 e. The van der Waals surface area contributed by atoms with Gasteiger partial charge in [-0.05, 0) is 37.8 Å². The van der Waals surface area contributed by atoms with E-state index in [2.05, 4.69) is 4.90 Å². The van der Waals surface area contributed by atoms with Gasteiger partial charge in [0.25, 0.3) is 11.6 Å². The van der Waals surface area contributed by atoms with Crippen molar-refractivity contribution in [2.75, 3.05) is 31.1 Å². The van der Waals surface area contributed by atoms with Crippen molar-refractivity contribution in [2.24, 2.45) is 5.92 Å². The first-order valence-corrected chi connectivity index (χ1v) is 10.5. The van der Waals surface area contributed by atoms with E-state index in [0.717, 1.165) is 36.9 Å². The number of nitro benzene ring substituents is 1. The van der Waals surface area contributed by atoms with E-state index in [4.69, 9.17) is 0 Å². The summed E-state index contributed by atoms with van der Waals surface area (Å²) in [4.78, 5) is 40.4. The summed E-state index contributed by atoms with van der Waals surface area (Å²) in [5, 5.41) is 11.5. The van der Waals surface area contributed by atoms with Gasteiger partial charge in [-0.1, -0.05) is 30.3 Å². The first-order valence-electron chi connectivity index (χ1n) is 10.5. The zero-order valence-corrected chi connectivity index (χ0v) is 16.8. The van der Waals surface area contributed by atoms with Crippen molar-refractivity contribution in [3.05, 3.63) is 69.8 Å². The predicted octanol–water partition coefficient (Wildman–Crippen LogP) is 3.93. The fraction of sp³-hybridized carbons (Fsp3) is 0.391. The SMILES string of the molecule is O=C(c1ccccc1)C1CCN(c2ccc([N+](=O)[O-])c(C(=O)N3CCCC3)c2)CC1. The Morgan fingerprint density at radius 2 is 1.60 bits per heavy atom. The number of hydrogen-bond acceptors (Lipinski definition) is 5. The van der Waals surface area contributed by atoms with Crippen LogP contribution in [0.25, 0.3) is 0 Å². The van der Waals surface area contributed by atoms with Crippen molar-refractivity contribution in [3.8, 4) is 0 Å². The van der Waals surface area contributed by atoms with Gasteiger partial charge in [-0.2, -0.15) is 0 Å². The number of carbonyl (C=O) groups excluding carboxylic acids is 2. The highest BCUT2D eigenvalue weighted by Crippen LogP contribution is 2.30. The second kappa shape index (κ2) is 8.65. The largest absolute Gasteiger partial charge is 0.371 e. The number of anilines is 1. The zero-order chi connectivity index (χ0) is 21.1. The van der Waals surface area contributed by atoms with E-state index in [1.54, 1.807) is 17.0 Å². The number of carbonyl (C=O) groups is 2. The maximum atomic E-state index is 12.9. The van der Waals surface area contributed by atoms with E-state index in [-0.39, 0.29) is 28.9 Å². The Morgan fingerprint density at radius 1 is 0.933 bits per heavy atom. The summed E-state index contributed by atoms with van der Waals surface area (Å²) in [5.41, 5.74) is 1.55. The lowest BCUT2D eigenvalue weighted by atomic mass is 9.88. The van der Waals surface area contributed by atoms with Crippen molar-refractivity contribution in [3.63, 3.8) is 0 Å². The molecule has 2 aliphatic heterocycles. The maximum Gasteiger partial charge on any atom is 0.282 e.